The van der Waals surface area contributed by atoms with Gasteiger partial charge in [-0.3, -0.25) is 9.48 Å². The quantitative estimate of drug-likeness (QED) is 0.471. The van der Waals surface area contributed by atoms with Crippen LogP contribution in [0, 0.1) is 0 Å². The predicted octanol–water partition coefficient (Wildman–Crippen LogP) is 1.27. The second-order valence-corrected chi connectivity index (χ2v) is 5.61. The molecule has 0 saturated carbocycles. The maximum Gasteiger partial charge on any atom is 0.227 e. The van der Waals surface area contributed by atoms with E-state index in [4.69, 9.17) is 4.74 Å². The van der Waals surface area contributed by atoms with E-state index in [1.54, 1.807) is 21.8 Å². The first-order valence-electron chi connectivity index (χ1n) is 8.15. The highest BCUT2D eigenvalue weighted by Crippen LogP contribution is 2.27. The summed E-state index contributed by atoms with van der Waals surface area (Å²) in [5.74, 6) is 1.55. The van der Waals surface area contributed by atoms with Crippen molar-refractivity contribution >= 4 is 34.9 Å². The fraction of sp³-hybridized carbons (Fsp3) is 0.375. The molecule has 0 radical (unpaired) electrons. The van der Waals surface area contributed by atoms with Crippen molar-refractivity contribution in [3.8, 4) is 0 Å². The number of ether oxygens (including phenoxy) is 1. The van der Waals surface area contributed by atoms with Gasteiger partial charge in [0.2, 0.25) is 5.95 Å². The van der Waals surface area contributed by atoms with Crippen LogP contribution in [0.1, 0.15) is 17.4 Å². The van der Waals surface area contributed by atoms with E-state index in [0.29, 0.717) is 54.7 Å². The lowest BCUT2D eigenvalue weighted by molar-refractivity contribution is 0.111. The van der Waals surface area contributed by atoms with Gasteiger partial charge in [-0.05, 0) is 13.0 Å². The van der Waals surface area contributed by atoms with Crippen molar-refractivity contribution in [3.63, 3.8) is 0 Å². The van der Waals surface area contributed by atoms with Crippen molar-refractivity contribution in [2.75, 3.05) is 37.5 Å². The number of anilines is 3. The topological polar surface area (TPSA) is 111 Å². The van der Waals surface area contributed by atoms with E-state index in [1.165, 1.54) is 6.33 Å². The van der Waals surface area contributed by atoms with Gasteiger partial charge >= 0.3 is 0 Å². The molecule has 10 nitrogen and oxygen atoms in total. The highest BCUT2D eigenvalue weighted by Gasteiger charge is 2.19. The number of carbonyl (C=O) groups excluding carboxylic acids is 1. The molecular formula is C16H20N8O2. The molecule has 1 N–H and O–H groups in total. The van der Waals surface area contributed by atoms with Gasteiger partial charge in [0.25, 0.3) is 0 Å². The van der Waals surface area contributed by atoms with Crippen LogP contribution in [0.15, 0.2) is 18.6 Å². The molecule has 0 bridgehead atoms. The number of hydrogen-bond donors (Lipinski definition) is 1. The summed E-state index contributed by atoms with van der Waals surface area (Å²) >= 11 is 0. The molecule has 3 aromatic rings. The first-order chi connectivity index (χ1) is 12.6. The maximum atomic E-state index is 11.5. The normalized spacial score (nSPS) is 10.9. The van der Waals surface area contributed by atoms with Crippen LogP contribution in [-0.2, 0) is 11.3 Å². The third-order valence-corrected chi connectivity index (χ3v) is 3.59. The van der Waals surface area contributed by atoms with E-state index < -0.39 is 0 Å². The molecule has 26 heavy (non-hydrogen) atoms. The summed E-state index contributed by atoms with van der Waals surface area (Å²) in [7, 11) is 3.66. The predicted molar refractivity (Wildman–Crippen MR) is 96.8 cm³/mol. The first-order valence-corrected chi connectivity index (χ1v) is 8.15. The lowest BCUT2D eigenvalue weighted by Gasteiger charge is -2.14. The Balaban J connectivity index is 2.14. The zero-order chi connectivity index (χ0) is 18.5. The molecule has 0 spiro atoms. The molecule has 136 valence electrons. The largest absolute Gasteiger partial charge is 0.380 e. The zero-order valence-electron chi connectivity index (χ0n) is 14.9. The van der Waals surface area contributed by atoms with Crippen molar-refractivity contribution in [1.29, 1.82) is 0 Å². The lowest BCUT2D eigenvalue weighted by atomic mass is 10.3. The highest BCUT2D eigenvalue weighted by atomic mass is 16.5. The van der Waals surface area contributed by atoms with Gasteiger partial charge in [0.1, 0.15) is 23.2 Å². The standard InChI is InChI=1S/C16H20N8O2/c1-4-26-8-7-24-14-13(11(9-25)22-24)20-16(23(2)3)21-15(14)19-12-5-6-17-10-18-12/h5-6,9-10H,4,7-8H2,1-3H3,(H,17,18,19,20,21). The van der Waals surface area contributed by atoms with Gasteiger partial charge in [-0.2, -0.15) is 10.1 Å². The van der Waals surface area contributed by atoms with Gasteiger partial charge in [-0.25, -0.2) is 15.0 Å². The smallest absolute Gasteiger partial charge is 0.227 e. The molecule has 3 aromatic heterocycles. The van der Waals surface area contributed by atoms with E-state index >= 15 is 0 Å². The van der Waals surface area contributed by atoms with Crippen molar-refractivity contribution in [2.45, 2.75) is 13.5 Å². The van der Waals surface area contributed by atoms with E-state index in [1.807, 2.05) is 21.0 Å². The van der Waals surface area contributed by atoms with Crippen LogP contribution < -0.4 is 10.2 Å². The molecule has 0 amide bonds. The molecule has 0 saturated heterocycles. The second-order valence-electron chi connectivity index (χ2n) is 5.61. The number of carbonyl (C=O) groups is 1. The Bertz CT molecular complexity index is 894. The highest BCUT2D eigenvalue weighted by molar-refractivity contribution is 5.98. The Labute approximate surface area is 150 Å². The van der Waals surface area contributed by atoms with Crippen LogP contribution in [0.5, 0.6) is 0 Å². The van der Waals surface area contributed by atoms with Crippen LogP contribution in [0.2, 0.25) is 0 Å². The lowest BCUT2D eigenvalue weighted by Crippen LogP contribution is -2.15. The summed E-state index contributed by atoms with van der Waals surface area (Å²) in [4.78, 5) is 30.4. The molecule has 0 aliphatic rings. The van der Waals surface area contributed by atoms with Gasteiger partial charge < -0.3 is 15.0 Å². The van der Waals surface area contributed by atoms with E-state index in [-0.39, 0.29) is 5.69 Å². The summed E-state index contributed by atoms with van der Waals surface area (Å²) in [6.45, 7) is 3.47. The number of nitrogens with zero attached hydrogens (tertiary/aromatic N) is 7. The Hall–Kier alpha value is -3.14. The second kappa shape index (κ2) is 7.83. The number of hydrogen-bond acceptors (Lipinski definition) is 9. The van der Waals surface area contributed by atoms with Gasteiger partial charge in [0.15, 0.2) is 17.8 Å². The fourth-order valence-corrected chi connectivity index (χ4v) is 2.40. The average molecular weight is 356 g/mol. The first kappa shape index (κ1) is 17.7. The number of rotatable bonds is 8. The summed E-state index contributed by atoms with van der Waals surface area (Å²) in [6.07, 6.45) is 3.76. The molecule has 0 aromatic carbocycles. The van der Waals surface area contributed by atoms with Crippen molar-refractivity contribution in [3.05, 3.63) is 24.3 Å². The summed E-state index contributed by atoms with van der Waals surface area (Å²) in [5, 5.41) is 7.52. The number of nitrogens with one attached hydrogen (secondary N) is 1. The maximum absolute atomic E-state index is 11.5. The minimum absolute atomic E-state index is 0.257. The Kier molecular flexibility index (Phi) is 5.32. The van der Waals surface area contributed by atoms with Crippen LogP contribution in [0.4, 0.5) is 17.6 Å². The average Bonchev–Trinajstić information content (AvgIpc) is 3.01. The van der Waals surface area contributed by atoms with Gasteiger partial charge in [-0.15, -0.1) is 0 Å². The van der Waals surface area contributed by atoms with Crippen molar-refractivity contribution < 1.29 is 9.53 Å². The third-order valence-electron chi connectivity index (χ3n) is 3.59. The molecular weight excluding hydrogens is 336 g/mol. The molecule has 0 aliphatic heterocycles. The monoisotopic (exact) mass is 356 g/mol. The fourth-order valence-electron chi connectivity index (χ4n) is 2.40. The van der Waals surface area contributed by atoms with Gasteiger partial charge in [0, 0.05) is 26.9 Å². The number of aromatic nitrogens is 6. The molecule has 0 atom stereocenters. The SMILES string of the molecule is CCOCCn1nc(C=O)c2nc(N(C)C)nc(Nc3ccncn3)c21. The van der Waals surface area contributed by atoms with E-state index in [2.05, 4.69) is 30.4 Å². The van der Waals surface area contributed by atoms with Gasteiger partial charge in [-0.1, -0.05) is 0 Å². The van der Waals surface area contributed by atoms with Gasteiger partial charge in [0.05, 0.1) is 13.2 Å². The summed E-state index contributed by atoms with van der Waals surface area (Å²) in [6, 6.07) is 1.73. The van der Waals surface area contributed by atoms with Crippen LogP contribution >= 0.6 is 0 Å². The molecule has 10 heteroatoms. The Morgan fingerprint density at radius 2 is 2.19 bits per heavy atom. The van der Waals surface area contributed by atoms with Crippen LogP contribution in [0.25, 0.3) is 11.0 Å². The number of aldehydes is 1. The van der Waals surface area contributed by atoms with Crippen LogP contribution in [-0.4, -0.2) is 63.3 Å². The molecule has 3 rings (SSSR count). The van der Waals surface area contributed by atoms with E-state index in [0.717, 1.165) is 0 Å². The molecule has 3 heterocycles. The number of fused-ring (bicyclic) bond motifs is 1. The molecule has 0 fully saturated rings. The summed E-state index contributed by atoms with van der Waals surface area (Å²) in [5.41, 5.74) is 1.36. The minimum atomic E-state index is 0.257. The molecule has 0 unspecified atom stereocenters. The van der Waals surface area contributed by atoms with Crippen molar-refractivity contribution in [1.82, 2.24) is 29.7 Å². The van der Waals surface area contributed by atoms with Crippen molar-refractivity contribution in [2.24, 2.45) is 0 Å². The Morgan fingerprint density at radius 1 is 1.35 bits per heavy atom. The third kappa shape index (κ3) is 3.59. The van der Waals surface area contributed by atoms with Crippen LogP contribution in [0.3, 0.4) is 0 Å². The summed E-state index contributed by atoms with van der Waals surface area (Å²) < 4.78 is 7.09. The Morgan fingerprint density at radius 3 is 2.85 bits per heavy atom. The minimum Gasteiger partial charge on any atom is -0.380 e. The van der Waals surface area contributed by atoms with E-state index in [9.17, 15) is 4.79 Å². The molecule has 0 aliphatic carbocycles. The zero-order valence-corrected chi connectivity index (χ0v) is 14.9.